The van der Waals surface area contributed by atoms with E-state index < -0.39 is 17.2 Å². The monoisotopic (exact) mass is 396 g/mol. The zero-order chi connectivity index (χ0) is 20.5. The molecule has 0 aliphatic carbocycles. The Hall–Kier alpha value is -3.68. The summed E-state index contributed by atoms with van der Waals surface area (Å²) in [6, 6.07) is 9.14. The number of aromatic amines is 1. The summed E-state index contributed by atoms with van der Waals surface area (Å²) in [5.41, 5.74) is 2.46. The van der Waals surface area contributed by atoms with Gasteiger partial charge in [-0.1, -0.05) is 0 Å². The van der Waals surface area contributed by atoms with Crippen LogP contribution in [-0.4, -0.2) is 21.6 Å². The van der Waals surface area contributed by atoms with Crippen LogP contribution < -0.4 is 15.6 Å². The van der Waals surface area contributed by atoms with Crippen molar-refractivity contribution in [2.75, 3.05) is 12.4 Å². The Morgan fingerprint density at radius 3 is 2.66 bits per heavy atom. The van der Waals surface area contributed by atoms with Crippen molar-refractivity contribution in [3.8, 4) is 5.75 Å². The van der Waals surface area contributed by atoms with Gasteiger partial charge in [0.15, 0.2) is 0 Å². The number of hydrogen-bond acceptors (Lipinski definition) is 4. The fraction of sp³-hybridized carbons (Fsp3) is 0.143. The normalized spacial score (nSPS) is 11.0. The third kappa shape index (κ3) is 3.82. The fourth-order valence-corrected chi connectivity index (χ4v) is 3.20. The molecule has 0 radical (unpaired) electrons. The van der Waals surface area contributed by atoms with Crippen LogP contribution in [0.15, 0.2) is 53.6 Å². The van der Waals surface area contributed by atoms with E-state index in [1.54, 1.807) is 4.57 Å². The van der Waals surface area contributed by atoms with Crippen LogP contribution in [0.4, 0.5) is 20.4 Å². The van der Waals surface area contributed by atoms with Crippen LogP contribution in [0.3, 0.4) is 0 Å². The van der Waals surface area contributed by atoms with Gasteiger partial charge in [0, 0.05) is 23.5 Å². The van der Waals surface area contributed by atoms with Crippen LogP contribution in [0, 0.1) is 18.6 Å². The maximum Gasteiger partial charge on any atom is 0.316 e. The van der Waals surface area contributed by atoms with Gasteiger partial charge in [-0.15, -0.1) is 0 Å². The van der Waals surface area contributed by atoms with Crippen molar-refractivity contribution >= 4 is 22.5 Å². The number of nitrogens with one attached hydrogen (secondary N) is 2. The van der Waals surface area contributed by atoms with Gasteiger partial charge < -0.3 is 19.6 Å². The van der Waals surface area contributed by atoms with Crippen molar-refractivity contribution in [2.24, 2.45) is 0 Å². The Bertz CT molecular complexity index is 1240. The molecule has 29 heavy (non-hydrogen) atoms. The second kappa shape index (κ2) is 7.38. The molecule has 0 unspecified atom stereocenters. The number of rotatable bonds is 5. The van der Waals surface area contributed by atoms with Crippen molar-refractivity contribution in [3.05, 3.63) is 81.9 Å². The lowest BCUT2D eigenvalue weighted by Gasteiger charge is -2.16. The molecule has 0 atom stereocenters. The van der Waals surface area contributed by atoms with E-state index in [2.05, 4.69) is 15.3 Å². The number of aryl methyl sites for hydroxylation is 1. The molecule has 2 aromatic heterocycles. The van der Waals surface area contributed by atoms with E-state index in [-0.39, 0.29) is 18.2 Å². The minimum Gasteiger partial charge on any atom is -0.490 e. The zero-order valence-electron chi connectivity index (χ0n) is 15.8. The van der Waals surface area contributed by atoms with Gasteiger partial charge in [0.05, 0.1) is 19.9 Å². The van der Waals surface area contributed by atoms with Gasteiger partial charge >= 0.3 is 5.56 Å². The molecule has 0 amide bonds. The van der Waals surface area contributed by atoms with Crippen molar-refractivity contribution in [2.45, 2.75) is 13.5 Å². The molecular weight excluding hydrogens is 378 g/mol. The molecule has 8 heteroatoms. The summed E-state index contributed by atoms with van der Waals surface area (Å²) < 4.78 is 33.8. The van der Waals surface area contributed by atoms with E-state index in [1.165, 1.54) is 25.4 Å². The average Bonchev–Trinajstić information content (AvgIpc) is 3.10. The van der Waals surface area contributed by atoms with Crippen molar-refractivity contribution in [1.82, 2.24) is 14.5 Å². The third-order valence-corrected chi connectivity index (χ3v) is 4.60. The lowest BCUT2D eigenvalue weighted by atomic mass is 10.1. The Balaban J connectivity index is 1.77. The molecule has 4 rings (SSSR count). The second-order valence-electron chi connectivity index (χ2n) is 6.70. The molecule has 0 aliphatic rings. The molecule has 0 saturated carbocycles. The lowest BCUT2D eigenvalue weighted by Crippen LogP contribution is -2.19. The molecule has 2 heterocycles. The van der Waals surface area contributed by atoms with Crippen LogP contribution in [0.25, 0.3) is 10.9 Å². The number of nitrogens with zero attached hydrogens (tertiary/aromatic N) is 2. The average molecular weight is 396 g/mol. The predicted octanol–water partition coefficient (Wildman–Crippen LogP) is 4.11. The van der Waals surface area contributed by atoms with Gasteiger partial charge in [-0.05, 0) is 53.8 Å². The molecular formula is C21H18F2N4O2. The molecule has 0 saturated heterocycles. The van der Waals surface area contributed by atoms with Gasteiger partial charge in [-0.25, -0.2) is 8.78 Å². The summed E-state index contributed by atoms with van der Waals surface area (Å²) in [5.74, 6) is -1.09. The number of H-pyrrole nitrogens is 1. The van der Waals surface area contributed by atoms with Gasteiger partial charge in [0.2, 0.25) is 11.7 Å². The van der Waals surface area contributed by atoms with E-state index >= 15 is 0 Å². The smallest absolute Gasteiger partial charge is 0.316 e. The number of benzene rings is 2. The van der Waals surface area contributed by atoms with Crippen molar-refractivity contribution in [3.63, 3.8) is 0 Å². The predicted molar refractivity (Wildman–Crippen MR) is 107 cm³/mol. The molecule has 0 aliphatic heterocycles. The summed E-state index contributed by atoms with van der Waals surface area (Å²) in [6.45, 7) is 2.02. The quantitative estimate of drug-likeness (QED) is 0.533. The van der Waals surface area contributed by atoms with E-state index in [1.807, 2.05) is 31.3 Å². The zero-order valence-corrected chi connectivity index (χ0v) is 15.8. The number of ether oxygens (including phenoxy) is 1. The van der Waals surface area contributed by atoms with Gasteiger partial charge in [-0.3, -0.25) is 4.79 Å². The van der Waals surface area contributed by atoms with Crippen molar-refractivity contribution < 1.29 is 13.5 Å². The highest BCUT2D eigenvalue weighted by atomic mass is 19.1. The van der Waals surface area contributed by atoms with Gasteiger partial charge in [0.1, 0.15) is 11.6 Å². The number of halogens is 2. The summed E-state index contributed by atoms with van der Waals surface area (Å²) in [4.78, 5) is 19.4. The standard InChI is InChI=1S/C21H18F2N4O2/c1-12-5-14-3-4-24-18(14)9-17(12)25-21-26-20(28)19(29-2)11-27(21)10-13-6-15(22)8-16(23)7-13/h3-9,11,24H,10H2,1-2H3,(H,25,26,28). The first-order chi connectivity index (χ1) is 13.9. The molecule has 0 bridgehead atoms. The number of fused-ring (bicyclic) bond motifs is 1. The Morgan fingerprint density at radius 2 is 1.93 bits per heavy atom. The topological polar surface area (TPSA) is 71.9 Å². The van der Waals surface area contributed by atoms with Gasteiger partial charge in [-0.2, -0.15) is 4.98 Å². The van der Waals surface area contributed by atoms with Crippen molar-refractivity contribution in [1.29, 1.82) is 0 Å². The minimum absolute atomic E-state index is 0.0315. The minimum atomic E-state index is -0.677. The molecule has 4 aromatic rings. The molecule has 0 fully saturated rings. The Labute approximate surface area is 164 Å². The van der Waals surface area contributed by atoms with Crippen LogP contribution in [0.5, 0.6) is 5.75 Å². The van der Waals surface area contributed by atoms with E-state index in [9.17, 15) is 13.6 Å². The van der Waals surface area contributed by atoms with Crippen LogP contribution in [-0.2, 0) is 6.54 Å². The van der Waals surface area contributed by atoms with Crippen LogP contribution >= 0.6 is 0 Å². The first-order valence-electron chi connectivity index (χ1n) is 8.88. The first-order valence-corrected chi connectivity index (χ1v) is 8.88. The number of methoxy groups -OCH3 is 1. The van der Waals surface area contributed by atoms with E-state index in [4.69, 9.17) is 4.74 Å². The molecule has 148 valence electrons. The maximum absolute atomic E-state index is 13.6. The summed E-state index contributed by atoms with van der Waals surface area (Å²) in [5, 5.41) is 4.21. The highest BCUT2D eigenvalue weighted by Gasteiger charge is 2.13. The Kier molecular flexibility index (Phi) is 4.75. The third-order valence-electron chi connectivity index (χ3n) is 4.60. The number of aromatic nitrogens is 3. The summed E-state index contributed by atoms with van der Waals surface area (Å²) in [7, 11) is 1.36. The molecule has 2 aromatic carbocycles. The van der Waals surface area contributed by atoms with Crippen LogP contribution in [0.1, 0.15) is 11.1 Å². The Morgan fingerprint density at radius 1 is 1.17 bits per heavy atom. The second-order valence-corrected chi connectivity index (χ2v) is 6.70. The SMILES string of the molecule is COc1cn(Cc2cc(F)cc(F)c2)c(Nc2cc3[nH]ccc3cc2C)nc1=O. The summed E-state index contributed by atoms with van der Waals surface area (Å²) >= 11 is 0. The highest BCUT2D eigenvalue weighted by Crippen LogP contribution is 2.25. The molecule has 6 nitrogen and oxygen atoms in total. The first kappa shape index (κ1) is 18.7. The summed E-state index contributed by atoms with van der Waals surface area (Å²) in [6.07, 6.45) is 3.30. The molecule has 0 spiro atoms. The number of hydrogen-bond donors (Lipinski definition) is 2. The fourth-order valence-electron chi connectivity index (χ4n) is 3.20. The lowest BCUT2D eigenvalue weighted by molar-refractivity contribution is 0.402. The largest absolute Gasteiger partial charge is 0.490 e. The maximum atomic E-state index is 13.6. The molecule has 2 N–H and O–H groups in total. The highest BCUT2D eigenvalue weighted by molar-refractivity contribution is 5.85. The number of anilines is 2. The van der Waals surface area contributed by atoms with E-state index in [0.717, 1.165) is 28.2 Å². The van der Waals surface area contributed by atoms with E-state index in [0.29, 0.717) is 5.56 Å². The van der Waals surface area contributed by atoms with Gasteiger partial charge in [0.25, 0.3) is 0 Å². The van der Waals surface area contributed by atoms with Crippen LogP contribution in [0.2, 0.25) is 0 Å².